The first-order valence-corrected chi connectivity index (χ1v) is 4.19. The summed E-state index contributed by atoms with van der Waals surface area (Å²) in [5, 5.41) is 9.24. The van der Waals surface area contributed by atoms with Crippen LogP contribution in [0.4, 0.5) is 0 Å². The topological polar surface area (TPSA) is 20.2 Å². The van der Waals surface area contributed by atoms with E-state index in [1.54, 1.807) is 13.8 Å². The third-order valence-corrected chi connectivity index (χ3v) is 1.43. The molecule has 0 aromatic heterocycles. The van der Waals surface area contributed by atoms with E-state index in [9.17, 15) is 5.11 Å². The molecule has 0 saturated carbocycles. The molecule has 0 fully saturated rings. The Morgan fingerprint density at radius 3 is 2.69 bits per heavy atom. The van der Waals surface area contributed by atoms with Crippen molar-refractivity contribution in [1.82, 2.24) is 0 Å². The van der Waals surface area contributed by atoms with Gasteiger partial charge in [0.15, 0.2) is 0 Å². The van der Waals surface area contributed by atoms with Crippen molar-refractivity contribution >= 4 is 0 Å². The summed E-state index contributed by atoms with van der Waals surface area (Å²) < 4.78 is 0. The number of aliphatic hydroxyl groups is 1. The molecule has 0 saturated heterocycles. The van der Waals surface area contributed by atoms with Gasteiger partial charge in [-0.15, -0.1) is 0 Å². The van der Waals surface area contributed by atoms with E-state index in [1.807, 2.05) is 18.2 Å². The van der Waals surface area contributed by atoms with E-state index in [4.69, 9.17) is 0 Å². The second-order valence-corrected chi connectivity index (χ2v) is 3.38. The Labute approximate surface area is 79.2 Å². The maximum absolute atomic E-state index is 9.24. The van der Waals surface area contributed by atoms with Gasteiger partial charge in [0.05, 0.1) is 0 Å². The van der Waals surface area contributed by atoms with Crippen LogP contribution in [0.5, 0.6) is 0 Å². The van der Waals surface area contributed by atoms with E-state index in [0.29, 0.717) is 0 Å². The molecule has 13 heavy (non-hydrogen) atoms. The zero-order valence-electron chi connectivity index (χ0n) is 7.89. The minimum absolute atomic E-state index is 0.900. The molecule has 0 heterocycles. The van der Waals surface area contributed by atoms with Gasteiger partial charge in [0.2, 0.25) is 0 Å². The first kappa shape index (κ1) is 9.65. The monoisotopic (exact) mass is 172 g/mol. The quantitative estimate of drug-likeness (QED) is 0.551. The minimum Gasteiger partial charge on any atom is -0.378 e. The summed E-state index contributed by atoms with van der Waals surface area (Å²) in [7, 11) is 0. The third-order valence-electron chi connectivity index (χ3n) is 1.43. The molecule has 0 aromatic rings. The van der Waals surface area contributed by atoms with Crippen LogP contribution in [0, 0.1) is 23.7 Å². The summed E-state index contributed by atoms with van der Waals surface area (Å²) in [5.74, 6) is 10.9. The number of hydrogen-bond acceptors (Lipinski definition) is 1. The Hall–Kier alpha value is -1.44. The van der Waals surface area contributed by atoms with Crippen molar-refractivity contribution in [3.8, 4) is 23.7 Å². The Morgan fingerprint density at radius 2 is 2.15 bits per heavy atom. The fraction of sp³-hybridized carbons (Fsp3) is 0.333. The van der Waals surface area contributed by atoms with Gasteiger partial charge in [-0.3, -0.25) is 0 Å². The number of rotatable bonds is 0. The fourth-order valence-electron chi connectivity index (χ4n) is 0.836. The Bertz CT molecular complexity index is 356. The van der Waals surface area contributed by atoms with Gasteiger partial charge in [-0.25, -0.2) is 0 Å². The van der Waals surface area contributed by atoms with Gasteiger partial charge in [-0.05, 0) is 32.1 Å². The summed E-state index contributed by atoms with van der Waals surface area (Å²) in [6.45, 7) is 3.27. The zero-order chi connectivity index (χ0) is 9.73. The highest BCUT2D eigenvalue weighted by atomic mass is 16.3. The summed E-state index contributed by atoms with van der Waals surface area (Å²) >= 11 is 0. The lowest BCUT2D eigenvalue weighted by Gasteiger charge is -2.04. The summed E-state index contributed by atoms with van der Waals surface area (Å²) in [4.78, 5) is 0. The highest BCUT2D eigenvalue weighted by Crippen LogP contribution is 2.07. The average Bonchev–Trinajstić information content (AvgIpc) is 2.48. The molecule has 0 aromatic carbocycles. The molecular formula is C12H12O. The molecule has 0 unspecified atom stereocenters. The minimum atomic E-state index is -0.947. The van der Waals surface area contributed by atoms with Gasteiger partial charge in [-0.1, -0.05) is 30.1 Å². The van der Waals surface area contributed by atoms with Crippen molar-refractivity contribution in [2.45, 2.75) is 25.9 Å². The molecule has 0 bridgehead atoms. The first-order chi connectivity index (χ1) is 6.08. The van der Waals surface area contributed by atoms with Gasteiger partial charge in [0.1, 0.15) is 5.60 Å². The van der Waals surface area contributed by atoms with Crippen molar-refractivity contribution in [2.75, 3.05) is 0 Å². The van der Waals surface area contributed by atoms with Crippen LogP contribution in [0.1, 0.15) is 20.3 Å². The first-order valence-electron chi connectivity index (χ1n) is 4.19. The van der Waals surface area contributed by atoms with Gasteiger partial charge in [0, 0.05) is 5.57 Å². The molecule has 0 amide bonds. The molecule has 66 valence electrons. The summed E-state index contributed by atoms with van der Waals surface area (Å²) in [5.41, 5.74) is 0.127. The van der Waals surface area contributed by atoms with Crippen LogP contribution in [0.25, 0.3) is 0 Å². The average molecular weight is 172 g/mol. The second kappa shape index (κ2) is 3.99. The predicted octanol–water partition coefficient (Wildman–Crippen LogP) is 1.65. The Kier molecular flexibility index (Phi) is 2.96. The highest BCUT2D eigenvalue weighted by Gasteiger charge is 2.04. The molecule has 1 heteroatoms. The van der Waals surface area contributed by atoms with Crippen LogP contribution in [-0.2, 0) is 0 Å². The molecule has 0 spiro atoms. The molecule has 0 atom stereocenters. The lowest BCUT2D eigenvalue weighted by atomic mass is 10.1. The normalized spacial score (nSPS) is 13.9. The fourth-order valence-corrected chi connectivity index (χ4v) is 0.836. The molecule has 1 aliphatic carbocycles. The lowest BCUT2D eigenvalue weighted by Crippen LogP contribution is -2.14. The van der Waals surface area contributed by atoms with Crippen molar-refractivity contribution in [1.29, 1.82) is 0 Å². The Morgan fingerprint density at radius 1 is 1.38 bits per heavy atom. The molecule has 1 N–H and O–H groups in total. The van der Waals surface area contributed by atoms with Crippen molar-refractivity contribution in [2.24, 2.45) is 0 Å². The van der Waals surface area contributed by atoms with Gasteiger partial charge in [-0.2, -0.15) is 0 Å². The number of allylic oxidation sites excluding steroid dienone is 4. The SMILES string of the molecule is CC(C)(O)C#CC#CC1=CC=CC1. The van der Waals surface area contributed by atoms with E-state index < -0.39 is 5.60 Å². The van der Waals surface area contributed by atoms with E-state index in [2.05, 4.69) is 23.7 Å². The van der Waals surface area contributed by atoms with Crippen LogP contribution < -0.4 is 0 Å². The number of hydrogen-bond donors (Lipinski definition) is 1. The molecular weight excluding hydrogens is 160 g/mol. The predicted molar refractivity (Wildman–Crippen MR) is 53.7 cm³/mol. The molecule has 1 aliphatic rings. The van der Waals surface area contributed by atoms with Crippen LogP contribution in [-0.4, -0.2) is 10.7 Å². The van der Waals surface area contributed by atoms with Crippen molar-refractivity contribution in [3.63, 3.8) is 0 Å². The van der Waals surface area contributed by atoms with Crippen LogP contribution >= 0.6 is 0 Å². The van der Waals surface area contributed by atoms with Crippen LogP contribution in [0.15, 0.2) is 23.8 Å². The highest BCUT2D eigenvalue weighted by molar-refractivity contribution is 5.42. The molecule has 0 aliphatic heterocycles. The summed E-state index contributed by atoms with van der Waals surface area (Å²) in [6.07, 6.45) is 6.90. The smallest absolute Gasteiger partial charge is 0.120 e. The van der Waals surface area contributed by atoms with E-state index >= 15 is 0 Å². The van der Waals surface area contributed by atoms with Crippen LogP contribution in [0.2, 0.25) is 0 Å². The van der Waals surface area contributed by atoms with E-state index in [0.717, 1.165) is 12.0 Å². The molecule has 1 nitrogen and oxygen atoms in total. The Balaban J connectivity index is 2.53. The molecule has 0 radical (unpaired) electrons. The molecule has 1 rings (SSSR count). The zero-order valence-corrected chi connectivity index (χ0v) is 7.89. The van der Waals surface area contributed by atoms with Crippen molar-refractivity contribution in [3.05, 3.63) is 23.8 Å². The maximum atomic E-state index is 9.24. The third kappa shape index (κ3) is 4.21. The van der Waals surface area contributed by atoms with Gasteiger partial charge in [0.25, 0.3) is 0 Å². The second-order valence-electron chi connectivity index (χ2n) is 3.38. The maximum Gasteiger partial charge on any atom is 0.120 e. The largest absolute Gasteiger partial charge is 0.378 e. The van der Waals surface area contributed by atoms with Crippen molar-refractivity contribution < 1.29 is 5.11 Å². The van der Waals surface area contributed by atoms with Gasteiger partial charge >= 0.3 is 0 Å². The summed E-state index contributed by atoms with van der Waals surface area (Å²) in [6, 6.07) is 0. The van der Waals surface area contributed by atoms with E-state index in [1.165, 1.54) is 0 Å². The van der Waals surface area contributed by atoms with Crippen LogP contribution in [0.3, 0.4) is 0 Å². The standard InChI is InChI=1S/C12H12O/c1-12(2,13)10-6-5-9-11-7-3-4-8-11/h3-4,7,13H,8H2,1-2H3. The lowest BCUT2D eigenvalue weighted by molar-refractivity contribution is 0.143. The van der Waals surface area contributed by atoms with E-state index in [-0.39, 0.29) is 0 Å². The van der Waals surface area contributed by atoms with Gasteiger partial charge < -0.3 is 5.11 Å².